The zero-order valence-electron chi connectivity index (χ0n) is 10.6. The second kappa shape index (κ2) is 6.60. The average Bonchev–Trinajstić information content (AvgIpc) is 2.39. The number of halogens is 2. The molecule has 1 saturated heterocycles. The lowest BCUT2D eigenvalue weighted by molar-refractivity contribution is 0.0575. The molecule has 1 aliphatic heterocycles. The summed E-state index contributed by atoms with van der Waals surface area (Å²) in [5.74, 6) is -0.0696. The molecule has 1 amide bonds. The number of rotatable bonds is 3. The fourth-order valence-electron chi connectivity index (χ4n) is 2.53. The second-order valence-corrected chi connectivity index (χ2v) is 5.63. The van der Waals surface area contributed by atoms with Crippen LogP contribution >= 0.6 is 23.2 Å². The number of benzene rings is 1. The third-order valence-corrected chi connectivity index (χ3v) is 4.06. The number of amides is 1. The summed E-state index contributed by atoms with van der Waals surface area (Å²) in [6.45, 7) is 0.825. The number of hydrogen-bond donors (Lipinski definition) is 1. The monoisotopic (exact) mass is 301 g/mol. The first kappa shape index (κ1) is 14.6. The maximum Gasteiger partial charge on any atom is 0.255 e. The zero-order chi connectivity index (χ0) is 13.8. The van der Waals surface area contributed by atoms with Crippen molar-refractivity contribution in [3.8, 4) is 0 Å². The average molecular weight is 302 g/mol. The van der Waals surface area contributed by atoms with Crippen LogP contribution in [-0.2, 0) is 0 Å². The summed E-state index contributed by atoms with van der Waals surface area (Å²) in [4.78, 5) is 14.4. The van der Waals surface area contributed by atoms with Crippen molar-refractivity contribution < 1.29 is 9.90 Å². The van der Waals surface area contributed by atoms with Gasteiger partial charge in [0.25, 0.3) is 5.91 Å². The fourth-order valence-corrected chi connectivity index (χ4v) is 3.02. The molecule has 5 heteroatoms. The minimum Gasteiger partial charge on any atom is -0.396 e. The van der Waals surface area contributed by atoms with E-state index in [1.165, 1.54) is 0 Å². The lowest BCUT2D eigenvalue weighted by atomic mass is 9.98. The first-order valence-electron chi connectivity index (χ1n) is 6.50. The van der Waals surface area contributed by atoms with E-state index in [0.29, 0.717) is 22.0 Å². The van der Waals surface area contributed by atoms with Gasteiger partial charge in [-0.15, -0.1) is 0 Å². The minimum atomic E-state index is -0.0696. The van der Waals surface area contributed by atoms with Gasteiger partial charge in [0.1, 0.15) is 0 Å². The number of nitrogens with zero attached hydrogens (tertiary/aromatic N) is 1. The molecule has 1 aliphatic rings. The van der Waals surface area contributed by atoms with Crippen molar-refractivity contribution in [2.75, 3.05) is 13.2 Å². The lowest BCUT2D eigenvalue weighted by Crippen LogP contribution is -2.44. The van der Waals surface area contributed by atoms with Crippen molar-refractivity contribution >= 4 is 29.1 Å². The van der Waals surface area contributed by atoms with Gasteiger partial charge in [-0.2, -0.15) is 0 Å². The van der Waals surface area contributed by atoms with Gasteiger partial charge in [-0.1, -0.05) is 23.2 Å². The van der Waals surface area contributed by atoms with E-state index in [1.54, 1.807) is 18.2 Å². The lowest BCUT2D eigenvalue weighted by Gasteiger charge is -2.35. The van der Waals surface area contributed by atoms with E-state index in [4.69, 9.17) is 28.3 Å². The Labute approximate surface area is 123 Å². The Morgan fingerprint density at radius 1 is 1.37 bits per heavy atom. The van der Waals surface area contributed by atoms with Gasteiger partial charge in [0.2, 0.25) is 0 Å². The maximum atomic E-state index is 12.5. The molecule has 1 N–H and O–H groups in total. The molecule has 104 valence electrons. The molecule has 0 aliphatic carbocycles. The smallest absolute Gasteiger partial charge is 0.255 e. The van der Waals surface area contributed by atoms with Gasteiger partial charge in [0, 0.05) is 24.2 Å². The molecule has 1 aromatic rings. The number of carbonyl (C=O) groups is 1. The first-order valence-corrected chi connectivity index (χ1v) is 7.26. The molecule has 1 atom stereocenters. The van der Waals surface area contributed by atoms with E-state index in [-0.39, 0.29) is 18.6 Å². The van der Waals surface area contributed by atoms with Crippen LogP contribution in [0.4, 0.5) is 0 Å². The molecule has 19 heavy (non-hydrogen) atoms. The number of piperidine rings is 1. The highest BCUT2D eigenvalue weighted by molar-refractivity contribution is 6.36. The van der Waals surface area contributed by atoms with Crippen LogP contribution in [-0.4, -0.2) is 35.1 Å². The van der Waals surface area contributed by atoms with Crippen molar-refractivity contribution in [1.29, 1.82) is 0 Å². The van der Waals surface area contributed by atoms with Crippen LogP contribution in [0.25, 0.3) is 0 Å². The summed E-state index contributed by atoms with van der Waals surface area (Å²) < 4.78 is 0. The summed E-state index contributed by atoms with van der Waals surface area (Å²) in [7, 11) is 0. The molecule has 1 aromatic carbocycles. The van der Waals surface area contributed by atoms with E-state index in [1.807, 2.05) is 4.90 Å². The summed E-state index contributed by atoms with van der Waals surface area (Å²) in [6, 6.07) is 5.03. The Morgan fingerprint density at radius 2 is 2.16 bits per heavy atom. The molecule has 0 radical (unpaired) electrons. The van der Waals surface area contributed by atoms with Crippen LogP contribution in [0.1, 0.15) is 36.0 Å². The predicted octanol–water partition coefficient (Wildman–Crippen LogP) is 3.37. The summed E-state index contributed by atoms with van der Waals surface area (Å²) in [5, 5.41) is 10.00. The Hall–Kier alpha value is -0.770. The maximum absolute atomic E-state index is 12.5. The largest absolute Gasteiger partial charge is 0.396 e. The van der Waals surface area contributed by atoms with Crippen molar-refractivity contribution in [2.24, 2.45) is 0 Å². The molecule has 0 spiro atoms. The Kier molecular flexibility index (Phi) is 5.08. The predicted molar refractivity (Wildman–Crippen MR) is 76.8 cm³/mol. The minimum absolute atomic E-state index is 0.0696. The van der Waals surface area contributed by atoms with Crippen molar-refractivity contribution in [1.82, 2.24) is 4.90 Å². The van der Waals surface area contributed by atoms with Gasteiger partial charge in [0.05, 0.1) is 10.6 Å². The SMILES string of the molecule is O=C(c1ccc(Cl)cc1Cl)N1CCCCC1CCO. The first-order chi connectivity index (χ1) is 9.13. The van der Waals surface area contributed by atoms with Crippen LogP contribution < -0.4 is 0 Å². The van der Waals surface area contributed by atoms with Crippen LogP contribution in [0.3, 0.4) is 0 Å². The van der Waals surface area contributed by atoms with Crippen molar-refractivity contribution in [3.05, 3.63) is 33.8 Å². The van der Waals surface area contributed by atoms with E-state index >= 15 is 0 Å². The van der Waals surface area contributed by atoms with E-state index in [2.05, 4.69) is 0 Å². The Morgan fingerprint density at radius 3 is 2.84 bits per heavy atom. The Balaban J connectivity index is 2.21. The van der Waals surface area contributed by atoms with Gasteiger partial charge in [-0.3, -0.25) is 4.79 Å². The molecule has 0 bridgehead atoms. The molecule has 0 aromatic heterocycles. The summed E-state index contributed by atoms with van der Waals surface area (Å²) >= 11 is 11.9. The van der Waals surface area contributed by atoms with Gasteiger partial charge in [0.15, 0.2) is 0 Å². The molecule has 1 unspecified atom stereocenters. The zero-order valence-corrected chi connectivity index (χ0v) is 12.1. The molecule has 3 nitrogen and oxygen atoms in total. The highest BCUT2D eigenvalue weighted by Gasteiger charge is 2.28. The van der Waals surface area contributed by atoms with Crippen LogP contribution in [0.2, 0.25) is 10.0 Å². The van der Waals surface area contributed by atoms with Gasteiger partial charge >= 0.3 is 0 Å². The standard InChI is InChI=1S/C14H17Cl2NO2/c15-10-4-5-12(13(16)9-10)14(19)17-7-2-1-3-11(17)6-8-18/h4-5,9,11,18H,1-3,6-8H2. The number of likely N-dealkylation sites (tertiary alicyclic amines) is 1. The molecule has 2 rings (SSSR count). The van der Waals surface area contributed by atoms with E-state index in [0.717, 1.165) is 25.8 Å². The number of carbonyl (C=O) groups excluding carboxylic acids is 1. The molecular formula is C14H17Cl2NO2. The van der Waals surface area contributed by atoms with Crippen molar-refractivity contribution in [2.45, 2.75) is 31.7 Å². The molecule has 1 fully saturated rings. The number of aliphatic hydroxyl groups excluding tert-OH is 1. The number of hydrogen-bond acceptors (Lipinski definition) is 2. The Bertz CT molecular complexity index is 463. The third-order valence-electron chi connectivity index (χ3n) is 3.51. The third kappa shape index (κ3) is 3.41. The number of aliphatic hydroxyl groups is 1. The second-order valence-electron chi connectivity index (χ2n) is 4.78. The topological polar surface area (TPSA) is 40.5 Å². The quantitative estimate of drug-likeness (QED) is 0.930. The van der Waals surface area contributed by atoms with Gasteiger partial charge in [-0.05, 0) is 43.9 Å². The van der Waals surface area contributed by atoms with Gasteiger partial charge < -0.3 is 10.0 Å². The van der Waals surface area contributed by atoms with E-state index in [9.17, 15) is 4.79 Å². The highest BCUT2D eigenvalue weighted by atomic mass is 35.5. The van der Waals surface area contributed by atoms with Crippen molar-refractivity contribution in [3.63, 3.8) is 0 Å². The summed E-state index contributed by atoms with van der Waals surface area (Å²) in [6.07, 6.45) is 3.66. The highest BCUT2D eigenvalue weighted by Crippen LogP contribution is 2.26. The molecular weight excluding hydrogens is 285 g/mol. The fraction of sp³-hybridized carbons (Fsp3) is 0.500. The normalized spacial score (nSPS) is 19.5. The van der Waals surface area contributed by atoms with Crippen LogP contribution in [0, 0.1) is 0 Å². The van der Waals surface area contributed by atoms with E-state index < -0.39 is 0 Å². The van der Waals surface area contributed by atoms with Crippen LogP contribution in [0.15, 0.2) is 18.2 Å². The van der Waals surface area contributed by atoms with Gasteiger partial charge in [-0.25, -0.2) is 0 Å². The molecule has 1 heterocycles. The molecule has 0 saturated carbocycles. The van der Waals surface area contributed by atoms with Crippen LogP contribution in [0.5, 0.6) is 0 Å². The summed E-state index contributed by atoms with van der Waals surface area (Å²) in [5.41, 5.74) is 0.482.